The smallest absolute Gasteiger partial charge is 0.241 e. The quantitative estimate of drug-likeness (QED) is 0.290. The molecule has 0 spiro atoms. The number of rotatable bonds is 8. The predicted octanol–water partition coefficient (Wildman–Crippen LogP) is 2.22. The summed E-state index contributed by atoms with van der Waals surface area (Å²) in [4.78, 5) is 25.4. The molecule has 11 nitrogen and oxygen atoms in total. The van der Waals surface area contributed by atoms with Gasteiger partial charge < -0.3 is 31.7 Å². The molecular weight excluding hydrogens is 436 g/mol. The molecule has 5 N–H and O–H groups in total. The molecule has 0 atom stereocenters. The van der Waals surface area contributed by atoms with Gasteiger partial charge in [0.25, 0.3) is 0 Å². The van der Waals surface area contributed by atoms with E-state index in [4.69, 9.17) is 15.9 Å². The highest BCUT2D eigenvalue weighted by Crippen LogP contribution is 2.31. The summed E-state index contributed by atoms with van der Waals surface area (Å²) in [5, 5.41) is 26.0. The lowest BCUT2D eigenvalue weighted by Crippen LogP contribution is -2.49. The van der Waals surface area contributed by atoms with Gasteiger partial charge in [0.05, 0.1) is 23.6 Å². The van der Waals surface area contributed by atoms with Crippen LogP contribution in [0.4, 0.5) is 28.8 Å². The Kier molecular flexibility index (Phi) is 7.07. The summed E-state index contributed by atoms with van der Waals surface area (Å²) in [6.07, 6.45) is 0. The normalized spacial score (nSPS) is 14.2. The number of nitrogens with zero attached hydrogens (tertiary/aromatic N) is 5. The molecule has 2 aromatic heterocycles. The van der Waals surface area contributed by atoms with E-state index in [-0.39, 0.29) is 22.6 Å². The summed E-state index contributed by atoms with van der Waals surface area (Å²) >= 11 is 0. The fourth-order valence-corrected chi connectivity index (χ4v) is 3.73. The molecule has 11 heteroatoms. The number of pyridine rings is 2. The zero-order chi connectivity index (χ0) is 24.1. The number of hydrogen-bond acceptors (Lipinski definition) is 10. The van der Waals surface area contributed by atoms with E-state index in [1.807, 2.05) is 54.4 Å². The summed E-state index contributed by atoms with van der Waals surface area (Å²) in [7, 11) is 1.94. The summed E-state index contributed by atoms with van der Waals surface area (Å²) in [6, 6.07) is 16.5. The molecule has 1 fully saturated rings. The Hall–Kier alpha value is -3.93. The number of benzene rings is 1. The lowest BCUT2D eigenvalue weighted by molar-refractivity contribution is -0.120. The van der Waals surface area contributed by atoms with Crippen LogP contribution in [-0.2, 0) is 4.79 Å². The maximum atomic E-state index is 12.7. The second kappa shape index (κ2) is 10.3. The Balaban J connectivity index is 1.45. The molecule has 1 aromatic carbocycles. The number of amides is 1. The van der Waals surface area contributed by atoms with Crippen molar-refractivity contribution in [2.24, 2.45) is 0 Å². The Morgan fingerprint density at radius 3 is 2.35 bits per heavy atom. The molecule has 178 valence electrons. The maximum absolute atomic E-state index is 12.7. The van der Waals surface area contributed by atoms with Crippen molar-refractivity contribution in [1.29, 1.82) is 0 Å². The minimum Gasteiger partial charge on any atom is -0.733 e. The van der Waals surface area contributed by atoms with Crippen LogP contribution < -0.4 is 26.5 Å². The van der Waals surface area contributed by atoms with Gasteiger partial charge in [-0.05, 0) is 31.3 Å². The van der Waals surface area contributed by atoms with Crippen LogP contribution in [0.25, 0.3) is 11.3 Å². The number of likely N-dealkylation sites (N-methyl/N-ethyl adjacent to an activating group) is 1. The lowest BCUT2D eigenvalue weighted by Gasteiger charge is -2.33. The van der Waals surface area contributed by atoms with Gasteiger partial charge in [-0.15, -0.1) is 0 Å². The van der Waals surface area contributed by atoms with Gasteiger partial charge >= 0.3 is 0 Å². The van der Waals surface area contributed by atoms with Crippen LogP contribution >= 0.6 is 0 Å². The molecule has 0 saturated carbocycles. The van der Waals surface area contributed by atoms with Crippen LogP contribution in [0.3, 0.4) is 0 Å². The number of anilines is 5. The highest BCUT2D eigenvalue weighted by molar-refractivity contribution is 5.99. The zero-order valence-corrected chi connectivity index (χ0v) is 18.8. The number of nitrogens with two attached hydrogens (primary N) is 1. The van der Waals surface area contributed by atoms with Crippen LogP contribution in [0.2, 0.25) is 0 Å². The van der Waals surface area contributed by atoms with Crippen LogP contribution in [0, 0.1) is 5.21 Å². The van der Waals surface area contributed by atoms with E-state index in [0.29, 0.717) is 37.8 Å². The molecular formula is C23H27N8O3-. The first-order valence-corrected chi connectivity index (χ1v) is 10.9. The number of hydrogen-bond donors (Lipinski definition) is 4. The zero-order valence-electron chi connectivity index (χ0n) is 18.8. The Morgan fingerprint density at radius 1 is 1.03 bits per heavy atom. The van der Waals surface area contributed by atoms with Crippen molar-refractivity contribution in [3.05, 3.63) is 59.8 Å². The average molecular weight is 464 g/mol. The Labute approximate surface area is 197 Å². The monoisotopic (exact) mass is 463 g/mol. The number of piperazine rings is 1. The van der Waals surface area contributed by atoms with Gasteiger partial charge in [0.1, 0.15) is 11.6 Å². The van der Waals surface area contributed by atoms with Gasteiger partial charge in [0.15, 0.2) is 5.82 Å². The van der Waals surface area contributed by atoms with E-state index >= 15 is 0 Å². The van der Waals surface area contributed by atoms with Crippen LogP contribution in [0.1, 0.15) is 0 Å². The van der Waals surface area contributed by atoms with E-state index in [1.165, 1.54) is 6.07 Å². The second-order valence-corrected chi connectivity index (χ2v) is 7.94. The maximum Gasteiger partial charge on any atom is 0.241 e. The molecule has 0 unspecified atom stereocenters. The molecule has 3 heterocycles. The average Bonchev–Trinajstić information content (AvgIpc) is 2.82. The summed E-state index contributed by atoms with van der Waals surface area (Å²) in [6.45, 7) is 2.84. The van der Waals surface area contributed by atoms with Crippen LogP contribution in [0.15, 0.2) is 54.6 Å². The number of carbonyl (C=O) groups is 1. The molecule has 0 bridgehead atoms. The van der Waals surface area contributed by atoms with Gasteiger partial charge in [0.2, 0.25) is 5.91 Å². The van der Waals surface area contributed by atoms with Crippen molar-refractivity contribution in [3.63, 3.8) is 0 Å². The van der Waals surface area contributed by atoms with Gasteiger partial charge in [-0.2, -0.15) is 0 Å². The van der Waals surface area contributed by atoms with Crippen molar-refractivity contribution in [2.75, 3.05) is 66.3 Å². The summed E-state index contributed by atoms with van der Waals surface area (Å²) in [5.41, 5.74) is 8.03. The fourth-order valence-electron chi connectivity index (χ4n) is 3.73. The van der Waals surface area contributed by atoms with Gasteiger partial charge in [0, 0.05) is 31.7 Å². The second-order valence-electron chi connectivity index (χ2n) is 7.94. The Morgan fingerprint density at radius 2 is 1.71 bits per heavy atom. The lowest BCUT2D eigenvalue weighted by atomic mass is 10.1. The van der Waals surface area contributed by atoms with Gasteiger partial charge in [-0.25, -0.2) is 9.97 Å². The number of aromatic nitrogens is 2. The fraction of sp³-hybridized carbons (Fsp3) is 0.261. The number of carbonyl (C=O) groups excluding carboxylic acids is 1. The summed E-state index contributed by atoms with van der Waals surface area (Å²) in [5.74, 6) is 1.14. The van der Waals surface area contributed by atoms with Crippen LogP contribution in [0.5, 0.6) is 0 Å². The van der Waals surface area contributed by atoms with Gasteiger partial charge in [-0.3, -0.25) is 14.9 Å². The van der Waals surface area contributed by atoms with Crippen molar-refractivity contribution >= 4 is 34.7 Å². The standard InChI is InChI=1S/C23H27N8O3/c1-29-13-14-30(21(32)15-29)17-7-9-19(27-22(17)16-5-3-2-4-6-16)25-11-12-26-20-10-8-18(31(33)34)23(24)28-20/h2-10,33H,11-15H2,1H3,(H,25,27)(H3,24,26,28)/q-1. The molecule has 1 amide bonds. The number of nitrogens with one attached hydrogen (secondary N) is 2. The Bertz CT molecular complexity index is 1140. The molecule has 0 radical (unpaired) electrons. The topological polar surface area (TPSA) is 146 Å². The van der Waals surface area contributed by atoms with Crippen molar-refractivity contribution < 1.29 is 10.0 Å². The van der Waals surface area contributed by atoms with E-state index in [1.54, 1.807) is 11.0 Å². The van der Waals surface area contributed by atoms with Crippen LogP contribution in [-0.4, -0.2) is 65.8 Å². The van der Waals surface area contributed by atoms with E-state index < -0.39 is 0 Å². The van der Waals surface area contributed by atoms with E-state index in [0.717, 1.165) is 23.5 Å². The predicted molar refractivity (Wildman–Crippen MR) is 133 cm³/mol. The minimum absolute atomic E-state index is 0.0525. The first-order chi connectivity index (χ1) is 16.4. The van der Waals surface area contributed by atoms with E-state index in [9.17, 15) is 10.0 Å². The first-order valence-electron chi connectivity index (χ1n) is 10.9. The van der Waals surface area contributed by atoms with Crippen molar-refractivity contribution in [3.8, 4) is 11.3 Å². The first kappa shape index (κ1) is 23.2. The minimum atomic E-state index is -0.316. The number of nitrogen functional groups attached to an aromatic ring is 1. The van der Waals surface area contributed by atoms with E-state index in [2.05, 4.69) is 15.6 Å². The molecule has 34 heavy (non-hydrogen) atoms. The molecule has 3 aromatic rings. The summed E-state index contributed by atoms with van der Waals surface area (Å²) < 4.78 is 0. The SMILES string of the molecule is CN1CCN(c2ccc(NCCNc3ccc(N([O-])O)c(N)n3)nc2-c2ccccc2)C(=O)C1. The van der Waals surface area contributed by atoms with Crippen molar-refractivity contribution in [2.45, 2.75) is 0 Å². The third kappa shape index (κ3) is 5.34. The molecule has 1 aliphatic rings. The molecule has 0 aliphatic carbocycles. The van der Waals surface area contributed by atoms with Gasteiger partial charge in [-0.1, -0.05) is 30.3 Å². The molecule has 1 aliphatic heterocycles. The highest BCUT2D eigenvalue weighted by atomic mass is 16.8. The molecule has 4 rings (SSSR count). The highest BCUT2D eigenvalue weighted by Gasteiger charge is 2.25. The largest absolute Gasteiger partial charge is 0.733 e. The molecule has 1 saturated heterocycles. The third-order valence-electron chi connectivity index (χ3n) is 5.47. The van der Waals surface area contributed by atoms with Crippen molar-refractivity contribution in [1.82, 2.24) is 14.9 Å². The third-order valence-corrected chi connectivity index (χ3v) is 5.47.